The summed E-state index contributed by atoms with van der Waals surface area (Å²) in [6.45, 7) is 7.06. The molecule has 116 valence electrons. The zero-order chi connectivity index (χ0) is 14.7. The molecular weight excluding hydrogens is 250 g/mol. The molecule has 3 N–H and O–H groups in total. The molecule has 0 spiro atoms. The van der Waals surface area contributed by atoms with Crippen LogP contribution in [-0.4, -0.2) is 41.5 Å². The highest BCUT2D eigenvalue weighted by Crippen LogP contribution is 2.28. The SMILES string of the molecule is CC1CCC(C)N1C(C)C(=O)NC(CN)C1CCCC1. The molecule has 4 heteroatoms. The highest BCUT2D eigenvalue weighted by atomic mass is 16.2. The average Bonchev–Trinajstić information content (AvgIpc) is 3.05. The Bertz CT molecular complexity index is 318. The van der Waals surface area contributed by atoms with Crippen LogP contribution in [0, 0.1) is 5.92 Å². The lowest BCUT2D eigenvalue weighted by molar-refractivity contribution is -0.127. The molecule has 1 amide bonds. The highest BCUT2D eigenvalue weighted by Gasteiger charge is 2.35. The highest BCUT2D eigenvalue weighted by molar-refractivity contribution is 5.81. The van der Waals surface area contributed by atoms with Gasteiger partial charge in [0, 0.05) is 24.7 Å². The number of hydrogen-bond acceptors (Lipinski definition) is 3. The second kappa shape index (κ2) is 6.90. The first kappa shape index (κ1) is 15.8. The lowest BCUT2D eigenvalue weighted by atomic mass is 9.98. The van der Waals surface area contributed by atoms with E-state index in [4.69, 9.17) is 5.73 Å². The summed E-state index contributed by atoms with van der Waals surface area (Å²) in [5.41, 5.74) is 5.88. The van der Waals surface area contributed by atoms with E-state index in [0.717, 1.165) is 0 Å². The third-order valence-corrected chi connectivity index (χ3v) is 5.40. The summed E-state index contributed by atoms with van der Waals surface area (Å²) in [5, 5.41) is 3.22. The van der Waals surface area contributed by atoms with Crippen LogP contribution in [0.1, 0.15) is 59.3 Å². The van der Waals surface area contributed by atoms with Gasteiger partial charge in [-0.15, -0.1) is 0 Å². The van der Waals surface area contributed by atoms with Crippen LogP contribution < -0.4 is 11.1 Å². The van der Waals surface area contributed by atoms with Crippen molar-refractivity contribution in [1.82, 2.24) is 10.2 Å². The number of amides is 1. The number of nitrogens with two attached hydrogens (primary N) is 1. The summed E-state index contributed by atoms with van der Waals surface area (Å²) in [4.78, 5) is 14.9. The molecule has 1 heterocycles. The monoisotopic (exact) mass is 281 g/mol. The van der Waals surface area contributed by atoms with Crippen molar-refractivity contribution in [3.8, 4) is 0 Å². The molecule has 2 aliphatic rings. The normalized spacial score (nSPS) is 31.4. The second-order valence-electron chi connectivity index (χ2n) is 6.79. The molecule has 0 aromatic rings. The van der Waals surface area contributed by atoms with E-state index in [9.17, 15) is 4.79 Å². The Kier molecular flexibility index (Phi) is 5.44. The number of hydrogen-bond donors (Lipinski definition) is 2. The largest absolute Gasteiger partial charge is 0.350 e. The minimum Gasteiger partial charge on any atom is -0.350 e. The first-order chi connectivity index (χ1) is 9.54. The molecule has 2 fully saturated rings. The summed E-state index contributed by atoms with van der Waals surface area (Å²) < 4.78 is 0. The fraction of sp³-hybridized carbons (Fsp3) is 0.938. The fourth-order valence-corrected chi connectivity index (χ4v) is 4.15. The van der Waals surface area contributed by atoms with Crippen molar-refractivity contribution in [1.29, 1.82) is 0 Å². The molecule has 4 nitrogen and oxygen atoms in total. The van der Waals surface area contributed by atoms with Crippen molar-refractivity contribution in [2.75, 3.05) is 6.54 Å². The number of nitrogens with one attached hydrogen (secondary N) is 1. The maximum absolute atomic E-state index is 12.5. The summed E-state index contributed by atoms with van der Waals surface area (Å²) in [6.07, 6.45) is 7.39. The van der Waals surface area contributed by atoms with Gasteiger partial charge >= 0.3 is 0 Å². The van der Waals surface area contributed by atoms with Crippen LogP contribution in [0.4, 0.5) is 0 Å². The lowest BCUT2D eigenvalue weighted by Gasteiger charge is -2.33. The van der Waals surface area contributed by atoms with Crippen molar-refractivity contribution in [3.63, 3.8) is 0 Å². The molecule has 1 saturated heterocycles. The van der Waals surface area contributed by atoms with E-state index < -0.39 is 0 Å². The van der Waals surface area contributed by atoms with Gasteiger partial charge in [-0.1, -0.05) is 12.8 Å². The van der Waals surface area contributed by atoms with Gasteiger partial charge in [0.05, 0.1) is 6.04 Å². The van der Waals surface area contributed by atoms with Crippen LogP contribution >= 0.6 is 0 Å². The average molecular weight is 281 g/mol. The Morgan fingerprint density at radius 1 is 1.20 bits per heavy atom. The molecular formula is C16H31N3O. The molecule has 0 bridgehead atoms. The maximum atomic E-state index is 12.5. The van der Waals surface area contributed by atoms with Crippen molar-refractivity contribution in [2.45, 2.75) is 83.5 Å². The van der Waals surface area contributed by atoms with Gasteiger partial charge in [-0.3, -0.25) is 9.69 Å². The lowest BCUT2D eigenvalue weighted by Crippen LogP contribution is -2.54. The van der Waals surface area contributed by atoms with E-state index in [1.54, 1.807) is 0 Å². The van der Waals surface area contributed by atoms with Gasteiger partial charge in [0.15, 0.2) is 0 Å². The minimum absolute atomic E-state index is 0.0436. The van der Waals surface area contributed by atoms with Gasteiger partial charge in [-0.2, -0.15) is 0 Å². The molecule has 1 aliphatic heterocycles. The molecule has 0 aromatic carbocycles. The third-order valence-electron chi connectivity index (χ3n) is 5.40. The molecule has 1 saturated carbocycles. The Morgan fingerprint density at radius 3 is 2.25 bits per heavy atom. The van der Waals surface area contributed by atoms with E-state index in [1.807, 2.05) is 6.92 Å². The van der Waals surface area contributed by atoms with Crippen LogP contribution in [0.3, 0.4) is 0 Å². The van der Waals surface area contributed by atoms with Gasteiger partial charge in [0.2, 0.25) is 5.91 Å². The summed E-state index contributed by atoms with van der Waals surface area (Å²) in [6, 6.07) is 1.14. The molecule has 0 aromatic heterocycles. The van der Waals surface area contributed by atoms with Crippen LogP contribution in [0.5, 0.6) is 0 Å². The molecule has 20 heavy (non-hydrogen) atoms. The van der Waals surface area contributed by atoms with Crippen molar-refractivity contribution < 1.29 is 4.79 Å². The summed E-state index contributed by atoms with van der Waals surface area (Å²) in [7, 11) is 0. The van der Waals surface area contributed by atoms with Crippen molar-refractivity contribution in [2.24, 2.45) is 11.7 Å². The van der Waals surface area contributed by atoms with E-state index in [2.05, 4.69) is 24.1 Å². The molecule has 4 atom stereocenters. The van der Waals surface area contributed by atoms with Gasteiger partial charge in [0.25, 0.3) is 0 Å². The third kappa shape index (κ3) is 3.34. The molecule has 4 unspecified atom stereocenters. The maximum Gasteiger partial charge on any atom is 0.237 e. The van der Waals surface area contributed by atoms with E-state index in [-0.39, 0.29) is 18.0 Å². The predicted octanol–water partition coefficient (Wildman–Crippen LogP) is 1.88. The minimum atomic E-state index is -0.0436. The zero-order valence-electron chi connectivity index (χ0n) is 13.3. The first-order valence-electron chi connectivity index (χ1n) is 8.32. The fourth-order valence-electron chi connectivity index (χ4n) is 4.15. The van der Waals surface area contributed by atoms with Gasteiger partial charge in [-0.25, -0.2) is 0 Å². The number of carbonyl (C=O) groups is 1. The van der Waals surface area contributed by atoms with E-state index in [1.165, 1.54) is 38.5 Å². The first-order valence-corrected chi connectivity index (χ1v) is 8.32. The number of likely N-dealkylation sites (tertiary alicyclic amines) is 1. The Hall–Kier alpha value is -0.610. The summed E-state index contributed by atoms with van der Waals surface area (Å²) >= 11 is 0. The van der Waals surface area contributed by atoms with E-state index >= 15 is 0 Å². The summed E-state index contributed by atoms with van der Waals surface area (Å²) in [5.74, 6) is 0.748. The number of nitrogens with zero attached hydrogens (tertiary/aromatic N) is 1. The van der Waals surface area contributed by atoms with Gasteiger partial charge < -0.3 is 11.1 Å². The Balaban J connectivity index is 1.92. The molecule has 2 rings (SSSR count). The van der Waals surface area contributed by atoms with Crippen LogP contribution in [-0.2, 0) is 4.79 Å². The smallest absolute Gasteiger partial charge is 0.237 e. The van der Waals surface area contributed by atoms with Crippen molar-refractivity contribution in [3.05, 3.63) is 0 Å². The number of rotatable bonds is 5. The van der Waals surface area contributed by atoms with Gasteiger partial charge in [-0.05, 0) is 52.4 Å². The zero-order valence-corrected chi connectivity index (χ0v) is 13.3. The predicted molar refractivity (Wildman–Crippen MR) is 82.4 cm³/mol. The standard InChI is InChI=1S/C16H31N3O/c1-11-8-9-12(2)19(11)13(3)16(20)18-15(10-17)14-6-4-5-7-14/h11-15H,4-10,17H2,1-3H3,(H,18,20). The topological polar surface area (TPSA) is 58.4 Å². The Labute approximate surface area is 123 Å². The Morgan fingerprint density at radius 2 is 1.75 bits per heavy atom. The van der Waals surface area contributed by atoms with Crippen LogP contribution in [0.15, 0.2) is 0 Å². The van der Waals surface area contributed by atoms with Crippen molar-refractivity contribution >= 4 is 5.91 Å². The molecule has 1 aliphatic carbocycles. The van der Waals surface area contributed by atoms with Gasteiger partial charge in [0.1, 0.15) is 0 Å². The van der Waals surface area contributed by atoms with Crippen LogP contribution in [0.2, 0.25) is 0 Å². The number of carbonyl (C=O) groups excluding carboxylic acids is 1. The van der Waals surface area contributed by atoms with E-state index in [0.29, 0.717) is 24.5 Å². The van der Waals surface area contributed by atoms with Crippen LogP contribution in [0.25, 0.3) is 0 Å². The molecule has 0 radical (unpaired) electrons. The second-order valence-corrected chi connectivity index (χ2v) is 6.79. The quantitative estimate of drug-likeness (QED) is 0.809.